The third kappa shape index (κ3) is 5.42. The molecule has 0 heterocycles. The summed E-state index contributed by atoms with van der Waals surface area (Å²) in [4.78, 5) is 0. The minimum atomic E-state index is 1.20. The molecule has 0 saturated carbocycles. The maximum absolute atomic E-state index is 5.18. The molecule has 0 unspecified atom stereocenters. The van der Waals surface area contributed by atoms with Gasteiger partial charge < -0.3 is 5.73 Å². The predicted molar refractivity (Wildman–Crippen MR) is 46.6 cm³/mol. The van der Waals surface area contributed by atoms with E-state index in [1.165, 1.54) is 24.8 Å². The largest absolute Gasteiger partial charge is 0.405 e. The van der Waals surface area contributed by atoms with Gasteiger partial charge in [0.25, 0.3) is 0 Å². The van der Waals surface area contributed by atoms with E-state index in [1.54, 1.807) is 6.20 Å². The molecule has 0 atom stereocenters. The van der Waals surface area contributed by atoms with Gasteiger partial charge in [-0.25, -0.2) is 0 Å². The molecule has 2 N–H and O–H groups in total. The zero-order valence-corrected chi connectivity index (χ0v) is 6.93. The van der Waals surface area contributed by atoms with Gasteiger partial charge in [0.2, 0.25) is 0 Å². The summed E-state index contributed by atoms with van der Waals surface area (Å²) in [5.74, 6) is 0. The Kier molecular flexibility index (Phi) is 5.94. The molecule has 0 fully saturated rings. The van der Waals surface area contributed by atoms with Crippen molar-refractivity contribution in [3.8, 4) is 0 Å². The second-order valence-corrected chi connectivity index (χ2v) is 2.50. The van der Waals surface area contributed by atoms with Crippen molar-refractivity contribution in [1.29, 1.82) is 0 Å². The van der Waals surface area contributed by atoms with Gasteiger partial charge in [0, 0.05) is 0 Å². The Balaban J connectivity index is 3.49. The van der Waals surface area contributed by atoms with Gasteiger partial charge in [-0.2, -0.15) is 0 Å². The van der Waals surface area contributed by atoms with E-state index in [9.17, 15) is 0 Å². The first-order valence-electron chi connectivity index (χ1n) is 3.85. The molecule has 0 aliphatic carbocycles. The fourth-order valence-corrected chi connectivity index (χ4v) is 0.759. The first-order chi connectivity index (χ1) is 4.81. The summed E-state index contributed by atoms with van der Waals surface area (Å²) in [6.45, 7) is 4.34. The van der Waals surface area contributed by atoms with Gasteiger partial charge in [0.05, 0.1) is 0 Å². The number of hydrogen-bond acceptors (Lipinski definition) is 1. The average Bonchev–Trinajstić information content (AvgIpc) is 1.97. The summed E-state index contributed by atoms with van der Waals surface area (Å²) < 4.78 is 0. The lowest BCUT2D eigenvalue weighted by Gasteiger charge is -1.95. The minimum absolute atomic E-state index is 1.20. The summed E-state index contributed by atoms with van der Waals surface area (Å²) in [6.07, 6.45) is 9.25. The molecule has 1 heteroatoms. The van der Waals surface area contributed by atoms with Crippen molar-refractivity contribution in [1.82, 2.24) is 0 Å². The smallest absolute Gasteiger partial charge is 0.00624 e. The average molecular weight is 139 g/mol. The molecular formula is C9H17N. The molecule has 0 amide bonds. The SMILES string of the molecule is CCCC/C(C)=C/C=C\N. The lowest BCUT2D eigenvalue weighted by molar-refractivity contribution is 0.787. The summed E-state index contributed by atoms with van der Waals surface area (Å²) in [5.41, 5.74) is 6.59. The van der Waals surface area contributed by atoms with Crippen LogP contribution in [0, 0.1) is 0 Å². The van der Waals surface area contributed by atoms with Gasteiger partial charge in [0.15, 0.2) is 0 Å². The van der Waals surface area contributed by atoms with Crippen LogP contribution in [0.25, 0.3) is 0 Å². The lowest BCUT2D eigenvalue weighted by atomic mass is 10.1. The monoisotopic (exact) mass is 139 g/mol. The van der Waals surface area contributed by atoms with Crippen molar-refractivity contribution in [3.63, 3.8) is 0 Å². The highest BCUT2D eigenvalue weighted by atomic mass is 14.5. The number of hydrogen-bond donors (Lipinski definition) is 1. The van der Waals surface area contributed by atoms with Crippen LogP contribution in [0.15, 0.2) is 23.9 Å². The molecule has 0 saturated heterocycles. The van der Waals surface area contributed by atoms with Crippen LogP contribution in [-0.2, 0) is 0 Å². The standard InChI is InChI=1S/C9H17N/c1-3-4-6-9(2)7-5-8-10/h5,7-8H,3-4,6,10H2,1-2H3/b8-5-,9-7+. The van der Waals surface area contributed by atoms with Crippen molar-refractivity contribution in [2.75, 3.05) is 0 Å². The Bertz CT molecular complexity index is 123. The zero-order valence-electron chi connectivity index (χ0n) is 6.93. The number of nitrogens with two attached hydrogens (primary N) is 1. The summed E-state index contributed by atoms with van der Waals surface area (Å²) in [7, 11) is 0. The normalized spacial score (nSPS) is 12.8. The fraction of sp³-hybridized carbons (Fsp3) is 0.556. The van der Waals surface area contributed by atoms with Crippen LogP contribution in [0.1, 0.15) is 33.1 Å². The third-order valence-corrected chi connectivity index (χ3v) is 1.42. The lowest BCUT2D eigenvalue weighted by Crippen LogP contribution is -1.77. The Morgan fingerprint density at radius 1 is 1.50 bits per heavy atom. The molecule has 0 bridgehead atoms. The maximum Gasteiger partial charge on any atom is -0.00624 e. The molecule has 0 aromatic heterocycles. The number of unbranched alkanes of at least 4 members (excludes halogenated alkanes) is 1. The third-order valence-electron chi connectivity index (χ3n) is 1.42. The molecule has 0 spiro atoms. The minimum Gasteiger partial charge on any atom is -0.405 e. The van der Waals surface area contributed by atoms with E-state index < -0.39 is 0 Å². The van der Waals surface area contributed by atoms with Crippen LogP contribution in [-0.4, -0.2) is 0 Å². The number of rotatable bonds is 4. The second kappa shape index (κ2) is 6.40. The van der Waals surface area contributed by atoms with Gasteiger partial charge in [-0.3, -0.25) is 0 Å². The molecule has 0 aliphatic rings. The summed E-state index contributed by atoms with van der Waals surface area (Å²) in [5, 5.41) is 0. The highest BCUT2D eigenvalue weighted by molar-refractivity contribution is 5.09. The summed E-state index contributed by atoms with van der Waals surface area (Å²) >= 11 is 0. The van der Waals surface area contributed by atoms with Crippen LogP contribution in [0.2, 0.25) is 0 Å². The van der Waals surface area contributed by atoms with Crippen LogP contribution in [0.4, 0.5) is 0 Å². The van der Waals surface area contributed by atoms with E-state index in [-0.39, 0.29) is 0 Å². The fourth-order valence-electron chi connectivity index (χ4n) is 0.759. The second-order valence-electron chi connectivity index (χ2n) is 2.50. The Hall–Kier alpha value is -0.720. The molecule has 1 nitrogen and oxygen atoms in total. The van der Waals surface area contributed by atoms with Crippen LogP contribution < -0.4 is 5.73 Å². The Morgan fingerprint density at radius 2 is 2.20 bits per heavy atom. The van der Waals surface area contributed by atoms with Crippen LogP contribution in [0.3, 0.4) is 0 Å². The van der Waals surface area contributed by atoms with E-state index in [2.05, 4.69) is 19.9 Å². The quantitative estimate of drug-likeness (QED) is 0.595. The van der Waals surface area contributed by atoms with Crippen molar-refractivity contribution in [2.24, 2.45) is 5.73 Å². The predicted octanol–water partition coefficient (Wildman–Crippen LogP) is 2.60. The van der Waals surface area contributed by atoms with Crippen molar-refractivity contribution in [2.45, 2.75) is 33.1 Å². The molecule has 0 rings (SSSR count). The molecule has 0 aromatic carbocycles. The van der Waals surface area contributed by atoms with Gasteiger partial charge in [-0.15, -0.1) is 0 Å². The molecule has 10 heavy (non-hydrogen) atoms. The highest BCUT2D eigenvalue weighted by Gasteiger charge is 1.85. The maximum atomic E-state index is 5.18. The van der Waals surface area contributed by atoms with E-state index in [0.29, 0.717) is 0 Å². The van der Waals surface area contributed by atoms with Crippen molar-refractivity contribution in [3.05, 3.63) is 23.9 Å². The van der Waals surface area contributed by atoms with Crippen LogP contribution in [0.5, 0.6) is 0 Å². The number of allylic oxidation sites excluding steroid dienone is 3. The molecule has 0 aromatic rings. The van der Waals surface area contributed by atoms with Crippen molar-refractivity contribution < 1.29 is 0 Å². The molecule has 0 aliphatic heterocycles. The van der Waals surface area contributed by atoms with Gasteiger partial charge >= 0.3 is 0 Å². The van der Waals surface area contributed by atoms with E-state index in [1.807, 2.05) is 6.08 Å². The van der Waals surface area contributed by atoms with E-state index >= 15 is 0 Å². The van der Waals surface area contributed by atoms with Gasteiger partial charge in [-0.1, -0.05) is 25.0 Å². The Morgan fingerprint density at radius 3 is 2.70 bits per heavy atom. The molecule has 58 valence electrons. The van der Waals surface area contributed by atoms with Gasteiger partial charge in [-0.05, 0) is 32.0 Å². The topological polar surface area (TPSA) is 26.0 Å². The van der Waals surface area contributed by atoms with Crippen molar-refractivity contribution >= 4 is 0 Å². The summed E-state index contributed by atoms with van der Waals surface area (Å²) in [6, 6.07) is 0. The van der Waals surface area contributed by atoms with Gasteiger partial charge in [0.1, 0.15) is 0 Å². The first kappa shape index (κ1) is 9.28. The molecule has 0 radical (unpaired) electrons. The highest BCUT2D eigenvalue weighted by Crippen LogP contribution is 2.05. The van der Waals surface area contributed by atoms with E-state index in [0.717, 1.165) is 0 Å². The van der Waals surface area contributed by atoms with E-state index in [4.69, 9.17) is 5.73 Å². The van der Waals surface area contributed by atoms with Crippen LogP contribution >= 0.6 is 0 Å². The first-order valence-corrected chi connectivity index (χ1v) is 3.85. The Labute approximate surface area is 63.6 Å². The molecular weight excluding hydrogens is 122 g/mol. The zero-order chi connectivity index (χ0) is 7.82.